The van der Waals surface area contributed by atoms with Crippen LogP contribution in [-0.2, 0) is 22.6 Å². The Labute approximate surface area is 153 Å². The number of carbonyl (C=O) groups excluding carboxylic acids is 2. The van der Waals surface area contributed by atoms with E-state index < -0.39 is 0 Å². The Morgan fingerprint density at radius 2 is 1.76 bits per heavy atom. The van der Waals surface area contributed by atoms with Crippen LogP contribution in [0, 0.1) is 6.92 Å². The van der Waals surface area contributed by atoms with Crippen LogP contribution >= 0.6 is 11.6 Å². The molecule has 0 radical (unpaired) electrons. The van der Waals surface area contributed by atoms with Crippen molar-refractivity contribution in [1.82, 2.24) is 10.2 Å². The summed E-state index contributed by atoms with van der Waals surface area (Å²) in [6, 6.07) is 15.4. The molecule has 2 aromatic rings. The molecule has 0 atom stereocenters. The van der Waals surface area contributed by atoms with E-state index in [1.807, 2.05) is 55.5 Å². The van der Waals surface area contributed by atoms with E-state index in [1.165, 1.54) is 6.92 Å². The van der Waals surface area contributed by atoms with Crippen LogP contribution in [0.4, 0.5) is 0 Å². The lowest BCUT2D eigenvalue weighted by Crippen LogP contribution is -2.40. The minimum atomic E-state index is -0.155. The van der Waals surface area contributed by atoms with Crippen molar-refractivity contribution >= 4 is 23.4 Å². The Kier molecular flexibility index (Phi) is 7.02. The van der Waals surface area contributed by atoms with Gasteiger partial charge in [-0.1, -0.05) is 48.0 Å². The molecule has 132 valence electrons. The van der Waals surface area contributed by atoms with Gasteiger partial charge < -0.3 is 10.2 Å². The Morgan fingerprint density at radius 1 is 1.08 bits per heavy atom. The molecule has 0 spiro atoms. The Balaban J connectivity index is 1.84. The first-order valence-electron chi connectivity index (χ1n) is 8.27. The second kappa shape index (κ2) is 9.23. The summed E-state index contributed by atoms with van der Waals surface area (Å²) in [5.74, 6) is -0.270. The molecular weight excluding hydrogens is 336 g/mol. The molecule has 25 heavy (non-hydrogen) atoms. The van der Waals surface area contributed by atoms with Crippen LogP contribution in [0.1, 0.15) is 23.6 Å². The average Bonchev–Trinajstić information content (AvgIpc) is 2.58. The number of halogens is 1. The maximum atomic E-state index is 12.2. The Morgan fingerprint density at radius 3 is 2.40 bits per heavy atom. The van der Waals surface area contributed by atoms with Gasteiger partial charge in [-0.3, -0.25) is 9.59 Å². The van der Waals surface area contributed by atoms with Crippen LogP contribution in [0.25, 0.3) is 0 Å². The van der Waals surface area contributed by atoms with Gasteiger partial charge in [-0.15, -0.1) is 0 Å². The Bertz CT molecular complexity index is 729. The molecule has 0 fully saturated rings. The van der Waals surface area contributed by atoms with E-state index in [0.29, 0.717) is 18.1 Å². The van der Waals surface area contributed by atoms with E-state index in [1.54, 1.807) is 4.90 Å². The lowest BCUT2D eigenvalue weighted by Gasteiger charge is -2.21. The molecule has 0 aliphatic carbocycles. The van der Waals surface area contributed by atoms with Crippen LogP contribution in [0.2, 0.25) is 5.02 Å². The fourth-order valence-corrected chi connectivity index (χ4v) is 2.62. The minimum Gasteiger partial charge on any atom is -0.354 e. The SMILES string of the molecule is CC(=O)N(CC(=O)NCCc1ccc(Cl)cc1)Cc1ccccc1C. The van der Waals surface area contributed by atoms with E-state index >= 15 is 0 Å². The molecule has 0 aliphatic heterocycles. The highest BCUT2D eigenvalue weighted by Gasteiger charge is 2.14. The van der Waals surface area contributed by atoms with Crippen molar-refractivity contribution in [1.29, 1.82) is 0 Å². The van der Waals surface area contributed by atoms with Gasteiger partial charge in [-0.05, 0) is 42.2 Å². The summed E-state index contributed by atoms with van der Waals surface area (Å²) in [6.45, 7) is 4.51. The number of hydrogen-bond acceptors (Lipinski definition) is 2. The first-order valence-corrected chi connectivity index (χ1v) is 8.64. The number of benzene rings is 2. The minimum absolute atomic E-state index is 0.0598. The van der Waals surface area contributed by atoms with Gasteiger partial charge in [0.1, 0.15) is 0 Å². The lowest BCUT2D eigenvalue weighted by molar-refractivity contribution is -0.134. The molecule has 2 amide bonds. The predicted molar refractivity (Wildman–Crippen MR) is 100 cm³/mol. The molecule has 0 saturated heterocycles. The summed E-state index contributed by atoms with van der Waals surface area (Å²) in [7, 11) is 0. The Hall–Kier alpha value is -2.33. The monoisotopic (exact) mass is 358 g/mol. The van der Waals surface area contributed by atoms with E-state index in [9.17, 15) is 9.59 Å². The van der Waals surface area contributed by atoms with Gasteiger partial charge in [0.15, 0.2) is 0 Å². The number of carbonyl (C=O) groups is 2. The molecule has 0 heterocycles. The third kappa shape index (κ3) is 6.24. The summed E-state index contributed by atoms with van der Waals surface area (Å²) in [6.07, 6.45) is 0.723. The maximum absolute atomic E-state index is 12.2. The fraction of sp³-hybridized carbons (Fsp3) is 0.300. The van der Waals surface area contributed by atoms with Gasteiger partial charge in [-0.25, -0.2) is 0 Å². The topological polar surface area (TPSA) is 49.4 Å². The van der Waals surface area contributed by atoms with Crippen LogP contribution < -0.4 is 5.32 Å². The molecular formula is C20H23ClN2O2. The summed E-state index contributed by atoms with van der Waals surface area (Å²) in [4.78, 5) is 25.6. The van der Waals surface area contributed by atoms with Crippen molar-refractivity contribution in [3.63, 3.8) is 0 Å². The van der Waals surface area contributed by atoms with Gasteiger partial charge in [0.2, 0.25) is 11.8 Å². The van der Waals surface area contributed by atoms with Gasteiger partial charge in [0.25, 0.3) is 0 Å². The molecule has 1 N–H and O–H groups in total. The molecule has 2 rings (SSSR count). The zero-order chi connectivity index (χ0) is 18.2. The van der Waals surface area contributed by atoms with Crippen molar-refractivity contribution in [2.75, 3.05) is 13.1 Å². The number of aryl methyl sites for hydroxylation is 1. The highest BCUT2D eigenvalue weighted by atomic mass is 35.5. The first kappa shape index (κ1) is 19.0. The second-order valence-electron chi connectivity index (χ2n) is 6.03. The number of amides is 2. The quantitative estimate of drug-likeness (QED) is 0.825. The molecule has 4 nitrogen and oxygen atoms in total. The first-order chi connectivity index (χ1) is 12.0. The smallest absolute Gasteiger partial charge is 0.239 e. The van der Waals surface area contributed by atoms with Gasteiger partial charge in [0.05, 0.1) is 6.54 Å². The fourth-order valence-electron chi connectivity index (χ4n) is 2.50. The number of hydrogen-bond donors (Lipinski definition) is 1. The number of nitrogens with zero attached hydrogens (tertiary/aromatic N) is 1. The summed E-state index contributed by atoms with van der Waals surface area (Å²) in [5.41, 5.74) is 3.26. The zero-order valence-corrected chi connectivity index (χ0v) is 15.3. The average molecular weight is 359 g/mol. The molecule has 0 saturated carbocycles. The van der Waals surface area contributed by atoms with Crippen molar-refractivity contribution in [2.45, 2.75) is 26.8 Å². The van der Waals surface area contributed by atoms with Crippen LogP contribution in [-0.4, -0.2) is 29.8 Å². The highest BCUT2D eigenvalue weighted by molar-refractivity contribution is 6.30. The van der Waals surface area contributed by atoms with E-state index in [2.05, 4.69) is 5.32 Å². The summed E-state index contributed by atoms with van der Waals surface area (Å²) >= 11 is 5.85. The van der Waals surface area contributed by atoms with Crippen molar-refractivity contribution < 1.29 is 9.59 Å². The van der Waals surface area contributed by atoms with Crippen molar-refractivity contribution in [3.8, 4) is 0 Å². The summed E-state index contributed by atoms with van der Waals surface area (Å²) in [5, 5.41) is 3.56. The molecule has 2 aromatic carbocycles. The van der Waals surface area contributed by atoms with Gasteiger partial charge in [-0.2, -0.15) is 0 Å². The van der Waals surface area contributed by atoms with Gasteiger partial charge in [0, 0.05) is 25.0 Å². The van der Waals surface area contributed by atoms with Crippen LogP contribution in [0.3, 0.4) is 0 Å². The summed E-state index contributed by atoms with van der Waals surface area (Å²) < 4.78 is 0. The lowest BCUT2D eigenvalue weighted by atomic mass is 10.1. The third-order valence-corrected chi connectivity index (χ3v) is 4.30. The number of nitrogens with one attached hydrogen (secondary N) is 1. The van der Waals surface area contributed by atoms with Crippen molar-refractivity contribution in [3.05, 3.63) is 70.2 Å². The normalized spacial score (nSPS) is 10.4. The van der Waals surface area contributed by atoms with E-state index in [0.717, 1.165) is 23.1 Å². The van der Waals surface area contributed by atoms with Crippen molar-refractivity contribution in [2.24, 2.45) is 0 Å². The third-order valence-electron chi connectivity index (χ3n) is 4.05. The van der Waals surface area contributed by atoms with Gasteiger partial charge >= 0.3 is 0 Å². The largest absolute Gasteiger partial charge is 0.354 e. The van der Waals surface area contributed by atoms with E-state index in [-0.39, 0.29) is 18.4 Å². The van der Waals surface area contributed by atoms with E-state index in [4.69, 9.17) is 11.6 Å². The van der Waals surface area contributed by atoms with Crippen LogP contribution in [0.5, 0.6) is 0 Å². The molecule has 0 bridgehead atoms. The molecule has 5 heteroatoms. The molecule has 0 unspecified atom stereocenters. The maximum Gasteiger partial charge on any atom is 0.239 e. The standard InChI is InChI=1S/C20H23ClN2O2/c1-15-5-3-4-6-18(15)13-23(16(2)24)14-20(25)22-12-11-17-7-9-19(21)10-8-17/h3-10H,11-14H2,1-2H3,(H,22,25). The number of rotatable bonds is 7. The highest BCUT2D eigenvalue weighted by Crippen LogP contribution is 2.11. The zero-order valence-electron chi connectivity index (χ0n) is 14.6. The second-order valence-corrected chi connectivity index (χ2v) is 6.46. The molecule has 0 aliphatic rings. The van der Waals surface area contributed by atoms with Crippen LogP contribution in [0.15, 0.2) is 48.5 Å². The predicted octanol–water partition coefficient (Wildman–Crippen LogP) is 3.36. The molecule has 0 aromatic heterocycles.